The Labute approximate surface area is 72.2 Å². The van der Waals surface area contributed by atoms with Crippen molar-refractivity contribution in [1.82, 2.24) is 9.97 Å². The van der Waals surface area contributed by atoms with E-state index in [4.69, 9.17) is 0 Å². The molecule has 0 radical (unpaired) electrons. The molecule has 1 saturated carbocycles. The van der Waals surface area contributed by atoms with Gasteiger partial charge in [-0.25, -0.2) is 4.98 Å². The van der Waals surface area contributed by atoms with Crippen LogP contribution in [0.4, 0.5) is 5.82 Å². The van der Waals surface area contributed by atoms with Crippen LogP contribution in [0.2, 0.25) is 0 Å². The van der Waals surface area contributed by atoms with Crippen LogP contribution in [0.3, 0.4) is 0 Å². The third kappa shape index (κ3) is 1.94. The van der Waals surface area contributed by atoms with Crippen molar-refractivity contribution in [2.45, 2.75) is 19.8 Å². The summed E-state index contributed by atoms with van der Waals surface area (Å²) in [7, 11) is 0. The second kappa shape index (κ2) is 3.09. The fourth-order valence-corrected chi connectivity index (χ4v) is 1.05. The van der Waals surface area contributed by atoms with Crippen LogP contribution < -0.4 is 5.32 Å². The van der Waals surface area contributed by atoms with E-state index >= 15 is 0 Å². The van der Waals surface area contributed by atoms with Crippen molar-refractivity contribution in [3.63, 3.8) is 0 Å². The molecule has 12 heavy (non-hydrogen) atoms. The average molecular weight is 163 g/mol. The maximum Gasteiger partial charge on any atom is 0.144 e. The molecule has 1 fully saturated rings. The van der Waals surface area contributed by atoms with Crippen molar-refractivity contribution in [3.05, 3.63) is 18.1 Å². The van der Waals surface area contributed by atoms with Gasteiger partial charge in [-0.15, -0.1) is 0 Å². The maximum atomic E-state index is 4.20. The van der Waals surface area contributed by atoms with Crippen molar-refractivity contribution in [2.24, 2.45) is 5.92 Å². The third-order valence-electron chi connectivity index (χ3n) is 2.05. The highest BCUT2D eigenvalue weighted by Crippen LogP contribution is 2.28. The second-order valence-electron chi connectivity index (χ2n) is 3.37. The number of hydrogen-bond donors (Lipinski definition) is 1. The Hall–Kier alpha value is -1.12. The van der Waals surface area contributed by atoms with E-state index in [9.17, 15) is 0 Å². The first-order valence-electron chi connectivity index (χ1n) is 4.37. The highest BCUT2D eigenvalue weighted by molar-refractivity contribution is 5.30. The van der Waals surface area contributed by atoms with Crippen LogP contribution in [0.5, 0.6) is 0 Å². The van der Waals surface area contributed by atoms with Gasteiger partial charge in [0.25, 0.3) is 0 Å². The van der Waals surface area contributed by atoms with Crippen molar-refractivity contribution in [2.75, 3.05) is 11.9 Å². The van der Waals surface area contributed by atoms with E-state index in [0.29, 0.717) is 0 Å². The molecule has 0 atom stereocenters. The molecular formula is C9H13N3. The van der Waals surface area contributed by atoms with Crippen molar-refractivity contribution in [1.29, 1.82) is 0 Å². The molecule has 64 valence electrons. The lowest BCUT2D eigenvalue weighted by Crippen LogP contribution is -2.05. The zero-order chi connectivity index (χ0) is 8.39. The summed E-state index contributed by atoms with van der Waals surface area (Å²) in [5.41, 5.74) is 0.965. The van der Waals surface area contributed by atoms with Gasteiger partial charge < -0.3 is 5.32 Å². The molecule has 0 unspecified atom stereocenters. The number of nitrogens with zero attached hydrogens (tertiary/aromatic N) is 2. The van der Waals surface area contributed by atoms with E-state index in [-0.39, 0.29) is 0 Å². The van der Waals surface area contributed by atoms with E-state index in [0.717, 1.165) is 24.0 Å². The van der Waals surface area contributed by atoms with Gasteiger partial charge in [0.15, 0.2) is 0 Å². The van der Waals surface area contributed by atoms with Crippen LogP contribution in [0.15, 0.2) is 12.4 Å². The van der Waals surface area contributed by atoms with Gasteiger partial charge in [0.2, 0.25) is 0 Å². The SMILES string of the molecule is Cc1cnc(NCC2CC2)cn1. The Morgan fingerprint density at radius 2 is 2.25 bits per heavy atom. The van der Waals surface area contributed by atoms with E-state index in [2.05, 4.69) is 15.3 Å². The molecule has 0 amide bonds. The fraction of sp³-hybridized carbons (Fsp3) is 0.556. The lowest BCUT2D eigenvalue weighted by atomic mass is 10.4. The summed E-state index contributed by atoms with van der Waals surface area (Å²) in [6.07, 6.45) is 6.31. The van der Waals surface area contributed by atoms with Crippen molar-refractivity contribution in [3.8, 4) is 0 Å². The Morgan fingerprint density at radius 1 is 1.42 bits per heavy atom. The monoisotopic (exact) mass is 163 g/mol. The Kier molecular flexibility index (Phi) is 1.94. The van der Waals surface area contributed by atoms with E-state index in [1.807, 2.05) is 6.92 Å². The first-order chi connectivity index (χ1) is 5.84. The minimum atomic E-state index is 0.883. The fourth-order valence-electron chi connectivity index (χ4n) is 1.05. The van der Waals surface area contributed by atoms with Gasteiger partial charge >= 0.3 is 0 Å². The normalized spacial score (nSPS) is 16.1. The molecule has 3 nitrogen and oxygen atoms in total. The Bertz CT molecular complexity index is 251. The Morgan fingerprint density at radius 3 is 2.83 bits per heavy atom. The van der Waals surface area contributed by atoms with Gasteiger partial charge in [0.05, 0.1) is 18.1 Å². The topological polar surface area (TPSA) is 37.8 Å². The minimum absolute atomic E-state index is 0.883. The molecule has 1 aromatic heterocycles. The second-order valence-corrected chi connectivity index (χ2v) is 3.37. The summed E-state index contributed by atoms with van der Waals surface area (Å²) in [6.45, 7) is 3.00. The van der Waals surface area contributed by atoms with Gasteiger partial charge in [-0.3, -0.25) is 4.98 Å². The van der Waals surface area contributed by atoms with Crippen LogP contribution >= 0.6 is 0 Å². The highest BCUT2D eigenvalue weighted by Gasteiger charge is 2.20. The average Bonchev–Trinajstić information content (AvgIpc) is 2.87. The molecular weight excluding hydrogens is 150 g/mol. The van der Waals surface area contributed by atoms with Gasteiger partial charge in [-0.1, -0.05) is 0 Å². The molecule has 1 aliphatic rings. The number of rotatable bonds is 3. The molecule has 3 heteroatoms. The summed E-state index contributed by atoms with van der Waals surface area (Å²) in [5.74, 6) is 1.78. The first kappa shape index (κ1) is 7.53. The van der Waals surface area contributed by atoms with Crippen molar-refractivity contribution < 1.29 is 0 Å². The number of hydrogen-bond acceptors (Lipinski definition) is 3. The van der Waals surface area contributed by atoms with Gasteiger partial charge in [-0.2, -0.15) is 0 Å². The Balaban J connectivity index is 1.89. The van der Waals surface area contributed by atoms with Crippen molar-refractivity contribution >= 4 is 5.82 Å². The van der Waals surface area contributed by atoms with Crippen LogP contribution in [0, 0.1) is 12.8 Å². The summed E-state index contributed by atoms with van der Waals surface area (Å²) < 4.78 is 0. The molecule has 1 N–H and O–H groups in total. The summed E-state index contributed by atoms with van der Waals surface area (Å²) in [6, 6.07) is 0. The van der Waals surface area contributed by atoms with Gasteiger partial charge in [0.1, 0.15) is 5.82 Å². The molecule has 2 rings (SSSR count). The molecule has 0 aliphatic heterocycles. The van der Waals surface area contributed by atoms with Crippen LogP contribution in [-0.2, 0) is 0 Å². The van der Waals surface area contributed by atoms with Crippen LogP contribution in [-0.4, -0.2) is 16.5 Å². The van der Waals surface area contributed by atoms with Crippen LogP contribution in [0.25, 0.3) is 0 Å². The number of aromatic nitrogens is 2. The summed E-state index contributed by atoms with van der Waals surface area (Å²) in [4.78, 5) is 8.36. The largest absolute Gasteiger partial charge is 0.369 e. The molecule has 1 aromatic rings. The molecule has 1 aliphatic carbocycles. The minimum Gasteiger partial charge on any atom is -0.369 e. The lowest BCUT2D eigenvalue weighted by Gasteiger charge is -2.02. The molecule has 1 heterocycles. The van der Waals surface area contributed by atoms with E-state index in [1.54, 1.807) is 12.4 Å². The molecule has 0 spiro atoms. The first-order valence-corrected chi connectivity index (χ1v) is 4.37. The zero-order valence-corrected chi connectivity index (χ0v) is 7.25. The standard InChI is InChI=1S/C9H13N3/c1-7-4-11-9(6-10-7)12-5-8-2-3-8/h4,6,8H,2-3,5H2,1H3,(H,11,12). The number of anilines is 1. The van der Waals surface area contributed by atoms with Gasteiger partial charge in [-0.05, 0) is 25.7 Å². The van der Waals surface area contributed by atoms with E-state index in [1.165, 1.54) is 12.8 Å². The predicted octanol–water partition coefficient (Wildman–Crippen LogP) is 1.61. The molecule has 0 aromatic carbocycles. The molecule has 0 saturated heterocycles. The van der Waals surface area contributed by atoms with Crippen LogP contribution in [0.1, 0.15) is 18.5 Å². The maximum absolute atomic E-state index is 4.20. The number of nitrogens with one attached hydrogen (secondary N) is 1. The smallest absolute Gasteiger partial charge is 0.144 e. The summed E-state index contributed by atoms with van der Waals surface area (Å²) >= 11 is 0. The number of aryl methyl sites for hydroxylation is 1. The predicted molar refractivity (Wildman–Crippen MR) is 48.0 cm³/mol. The summed E-state index contributed by atoms with van der Waals surface area (Å²) in [5, 5.41) is 3.26. The third-order valence-corrected chi connectivity index (χ3v) is 2.05. The lowest BCUT2D eigenvalue weighted by molar-refractivity contribution is 0.879. The highest BCUT2D eigenvalue weighted by atomic mass is 15.0. The zero-order valence-electron chi connectivity index (χ0n) is 7.25. The van der Waals surface area contributed by atoms with E-state index < -0.39 is 0 Å². The van der Waals surface area contributed by atoms with Gasteiger partial charge in [0, 0.05) is 6.54 Å². The molecule has 0 bridgehead atoms. The quantitative estimate of drug-likeness (QED) is 0.735.